The molecule has 0 aromatic carbocycles. The highest BCUT2D eigenvalue weighted by Crippen LogP contribution is 2.12. The summed E-state index contributed by atoms with van der Waals surface area (Å²) in [6.45, 7) is 3.49. The Labute approximate surface area is 105 Å². The van der Waals surface area contributed by atoms with Gasteiger partial charge in [0.05, 0.1) is 6.20 Å². The number of amidine groups is 1. The summed E-state index contributed by atoms with van der Waals surface area (Å²) in [4.78, 5) is 6.55. The summed E-state index contributed by atoms with van der Waals surface area (Å²) in [5.74, 6) is 1.08. The molecule has 0 radical (unpaired) electrons. The zero-order valence-electron chi connectivity index (χ0n) is 10.2. The zero-order valence-corrected chi connectivity index (χ0v) is 10.2. The first-order valence-electron chi connectivity index (χ1n) is 5.76. The van der Waals surface area contributed by atoms with Gasteiger partial charge in [-0.2, -0.15) is 5.10 Å². The van der Waals surface area contributed by atoms with Crippen LogP contribution in [0.5, 0.6) is 0 Å². The Balaban J connectivity index is 2.15. The number of oxime groups is 1. The molecule has 0 amide bonds. The predicted octanol–water partition coefficient (Wildman–Crippen LogP) is 0.692. The summed E-state index contributed by atoms with van der Waals surface area (Å²) in [5, 5.41) is 15.6. The standard InChI is InChI=1S/C11H16N6O/c1-2-16(7-4-9(12)15-18)10-5-8-17-11(14-10)3-6-13-17/h3,5-6,8,18H,2,4,7H2,1H3,(H2,12,15). The second-order valence-electron chi connectivity index (χ2n) is 3.84. The number of fused-ring (bicyclic) bond motifs is 1. The highest BCUT2D eigenvalue weighted by molar-refractivity contribution is 5.80. The van der Waals surface area contributed by atoms with E-state index in [4.69, 9.17) is 10.9 Å². The number of aromatic nitrogens is 3. The van der Waals surface area contributed by atoms with Gasteiger partial charge < -0.3 is 15.8 Å². The van der Waals surface area contributed by atoms with Crippen LogP contribution in [0.4, 0.5) is 5.82 Å². The van der Waals surface area contributed by atoms with Gasteiger partial charge in [0.1, 0.15) is 11.7 Å². The highest BCUT2D eigenvalue weighted by atomic mass is 16.4. The number of hydrogen-bond acceptors (Lipinski definition) is 5. The lowest BCUT2D eigenvalue weighted by Gasteiger charge is -2.21. The van der Waals surface area contributed by atoms with E-state index in [1.807, 2.05) is 25.3 Å². The van der Waals surface area contributed by atoms with E-state index < -0.39 is 0 Å². The van der Waals surface area contributed by atoms with Crippen molar-refractivity contribution in [3.8, 4) is 0 Å². The number of hydrogen-bond donors (Lipinski definition) is 2. The molecular formula is C11H16N6O. The minimum Gasteiger partial charge on any atom is -0.409 e. The van der Waals surface area contributed by atoms with Crippen molar-refractivity contribution >= 4 is 17.3 Å². The fraction of sp³-hybridized carbons (Fsp3) is 0.364. The van der Waals surface area contributed by atoms with Crippen molar-refractivity contribution in [1.29, 1.82) is 0 Å². The largest absolute Gasteiger partial charge is 0.409 e. The van der Waals surface area contributed by atoms with Crippen LogP contribution in [-0.4, -0.2) is 38.7 Å². The van der Waals surface area contributed by atoms with Crippen molar-refractivity contribution in [2.75, 3.05) is 18.0 Å². The molecule has 7 nitrogen and oxygen atoms in total. The Morgan fingerprint density at radius 3 is 3.11 bits per heavy atom. The first-order chi connectivity index (χ1) is 8.74. The lowest BCUT2D eigenvalue weighted by molar-refractivity contribution is 0.317. The lowest BCUT2D eigenvalue weighted by atomic mass is 10.3. The smallest absolute Gasteiger partial charge is 0.157 e. The molecule has 0 atom stereocenters. The number of anilines is 1. The summed E-state index contributed by atoms with van der Waals surface area (Å²) < 4.78 is 1.71. The van der Waals surface area contributed by atoms with Crippen molar-refractivity contribution in [2.45, 2.75) is 13.3 Å². The molecule has 3 N–H and O–H groups in total. The normalized spacial score (nSPS) is 11.9. The van der Waals surface area contributed by atoms with E-state index in [1.54, 1.807) is 10.7 Å². The SMILES string of the molecule is CCN(CC/C(N)=N/O)c1ccn2nccc2n1. The second kappa shape index (κ2) is 5.35. The van der Waals surface area contributed by atoms with Gasteiger partial charge in [0, 0.05) is 31.8 Å². The maximum Gasteiger partial charge on any atom is 0.157 e. The van der Waals surface area contributed by atoms with Crippen LogP contribution < -0.4 is 10.6 Å². The molecule has 0 aliphatic rings. The monoisotopic (exact) mass is 248 g/mol. The Kier molecular flexibility index (Phi) is 3.61. The molecule has 0 aliphatic carbocycles. The highest BCUT2D eigenvalue weighted by Gasteiger charge is 2.08. The fourth-order valence-electron chi connectivity index (χ4n) is 1.71. The average Bonchev–Trinajstić information content (AvgIpc) is 2.86. The summed E-state index contributed by atoms with van der Waals surface area (Å²) >= 11 is 0. The van der Waals surface area contributed by atoms with E-state index in [1.165, 1.54) is 0 Å². The van der Waals surface area contributed by atoms with Gasteiger partial charge in [-0.25, -0.2) is 9.50 Å². The number of rotatable bonds is 5. The van der Waals surface area contributed by atoms with Crippen LogP contribution in [0.15, 0.2) is 29.7 Å². The van der Waals surface area contributed by atoms with Gasteiger partial charge in [0.2, 0.25) is 0 Å². The maximum absolute atomic E-state index is 8.52. The zero-order chi connectivity index (χ0) is 13.0. The van der Waals surface area contributed by atoms with Crippen molar-refractivity contribution in [1.82, 2.24) is 14.6 Å². The van der Waals surface area contributed by atoms with Crippen LogP contribution in [0.2, 0.25) is 0 Å². The number of nitrogens with zero attached hydrogens (tertiary/aromatic N) is 5. The second-order valence-corrected chi connectivity index (χ2v) is 3.84. The van der Waals surface area contributed by atoms with Gasteiger partial charge in [-0.15, -0.1) is 0 Å². The molecule has 2 aromatic heterocycles. The molecule has 0 unspecified atom stereocenters. The third-order valence-corrected chi connectivity index (χ3v) is 2.72. The summed E-state index contributed by atoms with van der Waals surface area (Å²) in [6, 6.07) is 3.75. The van der Waals surface area contributed by atoms with E-state index in [2.05, 4.69) is 20.1 Å². The minimum atomic E-state index is 0.221. The molecule has 0 saturated carbocycles. The van der Waals surface area contributed by atoms with Crippen molar-refractivity contribution in [3.05, 3.63) is 24.5 Å². The Hall–Kier alpha value is -2.31. The van der Waals surface area contributed by atoms with E-state index in [0.29, 0.717) is 13.0 Å². The third kappa shape index (κ3) is 2.50. The molecule has 2 heterocycles. The Morgan fingerprint density at radius 2 is 2.39 bits per heavy atom. The lowest BCUT2D eigenvalue weighted by Crippen LogP contribution is -2.28. The summed E-state index contributed by atoms with van der Waals surface area (Å²) in [5.41, 5.74) is 6.27. The molecule has 18 heavy (non-hydrogen) atoms. The first kappa shape index (κ1) is 12.2. The van der Waals surface area contributed by atoms with Crippen LogP contribution in [0.3, 0.4) is 0 Å². The van der Waals surface area contributed by atoms with Gasteiger partial charge in [0.15, 0.2) is 5.65 Å². The van der Waals surface area contributed by atoms with Gasteiger partial charge in [-0.05, 0) is 13.0 Å². The Morgan fingerprint density at radius 1 is 1.56 bits per heavy atom. The topological polar surface area (TPSA) is 92.0 Å². The molecule has 0 aliphatic heterocycles. The average molecular weight is 248 g/mol. The maximum atomic E-state index is 8.52. The van der Waals surface area contributed by atoms with Gasteiger partial charge in [-0.3, -0.25) is 0 Å². The molecule has 96 valence electrons. The van der Waals surface area contributed by atoms with E-state index in [-0.39, 0.29) is 5.84 Å². The quantitative estimate of drug-likeness (QED) is 0.351. The molecule has 2 aromatic rings. The van der Waals surface area contributed by atoms with E-state index in [0.717, 1.165) is 18.0 Å². The van der Waals surface area contributed by atoms with Gasteiger partial charge in [-0.1, -0.05) is 5.16 Å². The van der Waals surface area contributed by atoms with E-state index >= 15 is 0 Å². The van der Waals surface area contributed by atoms with Crippen LogP contribution in [0.25, 0.3) is 5.65 Å². The van der Waals surface area contributed by atoms with Crippen molar-refractivity contribution in [3.63, 3.8) is 0 Å². The number of nitrogens with two attached hydrogens (primary N) is 1. The molecule has 0 fully saturated rings. The molecular weight excluding hydrogens is 232 g/mol. The van der Waals surface area contributed by atoms with Crippen molar-refractivity contribution < 1.29 is 5.21 Å². The fourth-order valence-corrected chi connectivity index (χ4v) is 1.71. The molecule has 2 rings (SSSR count). The van der Waals surface area contributed by atoms with E-state index in [9.17, 15) is 0 Å². The van der Waals surface area contributed by atoms with Gasteiger partial charge in [0.25, 0.3) is 0 Å². The Bertz CT molecular complexity index is 549. The molecule has 0 saturated heterocycles. The summed E-state index contributed by atoms with van der Waals surface area (Å²) in [7, 11) is 0. The first-order valence-corrected chi connectivity index (χ1v) is 5.76. The van der Waals surface area contributed by atoms with Crippen LogP contribution in [0, 0.1) is 0 Å². The molecule has 0 spiro atoms. The van der Waals surface area contributed by atoms with Crippen LogP contribution >= 0.6 is 0 Å². The third-order valence-electron chi connectivity index (χ3n) is 2.72. The predicted molar refractivity (Wildman–Crippen MR) is 68.9 cm³/mol. The molecule has 7 heteroatoms. The molecule has 0 bridgehead atoms. The van der Waals surface area contributed by atoms with Crippen molar-refractivity contribution in [2.24, 2.45) is 10.9 Å². The van der Waals surface area contributed by atoms with Crippen LogP contribution in [-0.2, 0) is 0 Å². The minimum absolute atomic E-state index is 0.221. The van der Waals surface area contributed by atoms with Gasteiger partial charge >= 0.3 is 0 Å². The van der Waals surface area contributed by atoms with Crippen LogP contribution in [0.1, 0.15) is 13.3 Å². The summed E-state index contributed by atoms with van der Waals surface area (Å²) in [6.07, 6.45) is 4.07.